The molecule has 0 aromatic heterocycles. The summed E-state index contributed by atoms with van der Waals surface area (Å²) in [7, 11) is -4.85. The molecule has 0 aliphatic carbocycles. The van der Waals surface area contributed by atoms with Gasteiger partial charge < -0.3 is 5.11 Å². The first-order valence-electron chi connectivity index (χ1n) is 3.78. The number of aromatic hydroxyl groups is 1. The number of nitrogens with zero attached hydrogens (tertiary/aromatic N) is 2. The number of nitro groups is 2. The maximum atomic E-state index is 10.7. The number of hydrogen-bond donors (Lipinski definition) is 2. The topological polar surface area (TPSA) is 161 Å². The van der Waals surface area contributed by atoms with Gasteiger partial charge in [0.15, 0.2) is 0 Å². The molecule has 0 unspecified atom stereocenters. The first kappa shape index (κ1) is 17.4. The standard InChI is InChI=1S/C6H4N2O8S.K/c9-6-4(7(10)11)1-3(17(14,15)16)2-5(6)8(12)13;/h1-2,9H,(H,14,15,16);. The van der Waals surface area contributed by atoms with E-state index < -0.39 is 42.0 Å². The van der Waals surface area contributed by atoms with Gasteiger partial charge >= 0.3 is 11.4 Å². The molecule has 0 amide bonds. The molecule has 18 heavy (non-hydrogen) atoms. The molecule has 93 valence electrons. The predicted molar refractivity (Wildman–Crippen MR) is 57.0 cm³/mol. The minimum atomic E-state index is -4.85. The summed E-state index contributed by atoms with van der Waals surface area (Å²) in [5.74, 6) is -1.28. The molecule has 1 aromatic rings. The van der Waals surface area contributed by atoms with E-state index in [2.05, 4.69) is 0 Å². The molecule has 0 fully saturated rings. The summed E-state index contributed by atoms with van der Waals surface area (Å²) in [6, 6.07) is 0.634. The van der Waals surface area contributed by atoms with E-state index in [9.17, 15) is 28.6 Å². The third-order valence-electron chi connectivity index (χ3n) is 1.73. The van der Waals surface area contributed by atoms with Crippen LogP contribution in [-0.4, -0.2) is 79.3 Å². The molecule has 0 saturated heterocycles. The Bertz CT molecular complexity index is 577. The second-order valence-corrected chi connectivity index (χ2v) is 4.22. The summed E-state index contributed by atoms with van der Waals surface area (Å²) in [5, 5.41) is 30.0. The maximum Gasteiger partial charge on any atom is 0.319 e. The van der Waals surface area contributed by atoms with Crippen molar-refractivity contribution in [2.75, 3.05) is 0 Å². The quantitative estimate of drug-likeness (QED) is 0.343. The molecule has 12 heteroatoms. The third kappa shape index (κ3) is 3.68. The van der Waals surface area contributed by atoms with Crippen LogP contribution >= 0.6 is 0 Å². The summed E-state index contributed by atoms with van der Waals surface area (Å²) in [4.78, 5) is 17.4. The van der Waals surface area contributed by atoms with Crippen LogP contribution in [0.4, 0.5) is 11.4 Å². The Morgan fingerprint density at radius 2 is 1.39 bits per heavy atom. The van der Waals surface area contributed by atoms with Gasteiger partial charge in [0, 0.05) is 63.5 Å². The van der Waals surface area contributed by atoms with Crippen LogP contribution in [0.25, 0.3) is 0 Å². The fraction of sp³-hybridized carbons (Fsp3) is 0. The van der Waals surface area contributed by atoms with Gasteiger partial charge in [0.05, 0.1) is 9.85 Å². The van der Waals surface area contributed by atoms with Crippen LogP contribution in [0.3, 0.4) is 0 Å². The summed E-state index contributed by atoms with van der Waals surface area (Å²) < 4.78 is 30.1. The largest absolute Gasteiger partial charge is 0.497 e. The zero-order valence-corrected chi connectivity index (χ0v) is 12.7. The number of rotatable bonds is 3. The van der Waals surface area contributed by atoms with Gasteiger partial charge in [-0.3, -0.25) is 24.8 Å². The monoisotopic (exact) mass is 303 g/mol. The number of nitro benzene ring substituents is 2. The van der Waals surface area contributed by atoms with E-state index >= 15 is 0 Å². The van der Waals surface area contributed by atoms with E-state index in [-0.39, 0.29) is 51.4 Å². The van der Waals surface area contributed by atoms with Crippen LogP contribution in [0, 0.1) is 20.2 Å². The van der Waals surface area contributed by atoms with Crippen molar-refractivity contribution in [2.45, 2.75) is 4.90 Å². The minimum Gasteiger partial charge on any atom is -0.497 e. The van der Waals surface area contributed by atoms with Crippen molar-refractivity contribution in [1.29, 1.82) is 0 Å². The number of phenolic OH excluding ortho intramolecular Hbond substituents is 1. The molecule has 0 atom stereocenters. The Kier molecular flexibility index (Phi) is 5.79. The van der Waals surface area contributed by atoms with Crippen LogP contribution in [0.15, 0.2) is 17.0 Å². The minimum absolute atomic E-state index is 0. The zero-order chi connectivity index (χ0) is 13.4. The zero-order valence-electron chi connectivity index (χ0n) is 8.80. The number of phenols is 1. The Hall–Kier alpha value is -0.634. The third-order valence-corrected chi connectivity index (χ3v) is 2.57. The van der Waals surface area contributed by atoms with Crippen molar-refractivity contribution < 1.29 is 27.9 Å². The van der Waals surface area contributed by atoms with Crippen molar-refractivity contribution in [3.63, 3.8) is 0 Å². The Labute approximate surface area is 142 Å². The molecule has 0 bridgehead atoms. The molecule has 0 saturated carbocycles. The average Bonchev–Trinajstić information content (AvgIpc) is 2.14. The van der Waals surface area contributed by atoms with Gasteiger partial charge in [-0.25, -0.2) is 0 Å². The van der Waals surface area contributed by atoms with Gasteiger partial charge in [0.2, 0.25) is 0 Å². The SMILES string of the molecule is O=[N+]([O-])c1cc(S(=O)(=O)O)cc([N+](=O)[O-])c1O.[K]. The van der Waals surface area contributed by atoms with Crippen molar-refractivity contribution in [3.05, 3.63) is 32.4 Å². The summed E-state index contributed by atoms with van der Waals surface area (Å²) >= 11 is 0. The molecule has 2 N–H and O–H groups in total. The molecule has 0 aliphatic rings. The fourth-order valence-electron chi connectivity index (χ4n) is 1.01. The Morgan fingerprint density at radius 1 is 1.06 bits per heavy atom. The van der Waals surface area contributed by atoms with Gasteiger partial charge in [0.1, 0.15) is 4.90 Å². The van der Waals surface area contributed by atoms with E-state index in [4.69, 9.17) is 9.66 Å². The van der Waals surface area contributed by atoms with Gasteiger partial charge in [-0.15, -0.1) is 0 Å². The van der Waals surface area contributed by atoms with E-state index in [0.29, 0.717) is 12.1 Å². The Balaban J connectivity index is 0.00000289. The van der Waals surface area contributed by atoms with Crippen LogP contribution in [-0.2, 0) is 10.1 Å². The number of benzene rings is 1. The predicted octanol–water partition coefficient (Wildman–Crippen LogP) is 0.0745. The molecule has 0 heterocycles. The van der Waals surface area contributed by atoms with E-state index in [1.54, 1.807) is 0 Å². The average molecular weight is 303 g/mol. The molecule has 10 nitrogen and oxygen atoms in total. The second kappa shape index (κ2) is 6.01. The first-order chi connectivity index (χ1) is 7.64. The first-order valence-corrected chi connectivity index (χ1v) is 5.22. The van der Waals surface area contributed by atoms with Gasteiger partial charge in [0.25, 0.3) is 15.9 Å². The number of hydrogen-bond acceptors (Lipinski definition) is 7. The maximum absolute atomic E-state index is 10.7. The van der Waals surface area contributed by atoms with Crippen LogP contribution in [0.5, 0.6) is 5.75 Å². The summed E-state index contributed by atoms with van der Waals surface area (Å²) in [5.41, 5.74) is -2.38. The van der Waals surface area contributed by atoms with Gasteiger partial charge in [-0.1, -0.05) is 0 Å². The molecular formula is C6H4KN2O8S. The van der Waals surface area contributed by atoms with Gasteiger partial charge in [-0.2, -0.15) is 8.42 Å². The van der Waals surface area contributed by atoms with Crippen molar-refractivity contribution >= 4 is 72.9 Å². The molecule has 0 spiro atoms. The molecule has 0 aliphatic heterocycles. The fourth-order valence-corrected chi connectivity index (χ4v) is 1.53. The molecule has 1 radical (unpaired) electrons. The van der Waals surface area contributed by atoms with E-state index in [0.717, 1.165) is 0 Å². The molecular weight excluding hydrogens is 299 g/mol. The summed E-state index contributed by atoms with van der Waals surface area (Å²) in [6.45, 7) is 0. The van der Waals surface area contributed by atoms with E-state index in [1.807, 2.05) is 0 Å². The van der Waals surface area contributed by atoms with Crippen molar-refractivity contribution in [3.8, 4) is 5.75 Å². The van der Waals surface area contributed by atoms with Crippen molar-refractivity contribution in [2.24, 2.45) is 0 Å². The Morgan fingerprint density at radius 3 is 1.61 bits per heavy atom. The van der Waals surface area contributed by atoms with Crippen molar-refractivity contribution in [1.82, 2.24) is 0 Å². The van der Waals surface area contributed by atoms with Gasteiger partial charge in [-0.05, 0) is 0 Å². The summed E-state index contributed by atoms with van der Waals surface area (Å²) in [6.07, 6.45) is 0. The van der Waals surface area contributed by atoms with Crippen LogP contribution in [0.2, 0.25) is 0 Å². The normalized spacial score (nSPS) is 10.5. The van der Waals surface area contributed by atoms with E-state index in [1.165, 1.54) is 0 Å². The second-order valence-electron chi connectivity index (χ2n) is 2.80. The van der Waals surface area contributed by atoms with Crippen LogP contribution < -0.4 is 0 Å². The van der Waals surface area contributed by atoms with Crippen LogP contribution in [0.1, 0.15) is 0 Å². The molecule has 1 rings (SSSR count). The smallest absolute Gasteiger partial charge is 0.319 e. The molecule has 1 aromatic carbocycles.